The number of fused-ring (bicyclic) bond motifs is 1. The van der Waals surface area contributed by atoms with Crippen LogP contribution in [-0.4, -0.2) is 34.5 Å². The van der Waals surface area contributed by atoms with Gasteiger partial charge in [0.05, 0.1) is 5.92 Å². The number of aliphatic carboxylic acids is 1. The summed E-state index contributed by atoms with van der Waals surface area (Å²) in [6.45, 7) is 4.38. The third-order valence-electron chi connectivity index (χ3n) is 5.10. The van der Waals surface area contributed by atoms with Crippen LogP contribution in [0.5, 0.6) is 0 Å². The number of carboxylic acid groups (broad SMARTS) is 1. The molecule has 0 spiro atoms. The number of amides is 1. The Morgan fingerprint density at radius 2 is 2.00 bits per heavy atom. The third-order valence-corrected chi connectivity index (χ3v) is 5.10. The van der Waals surface area contributed by atoms with E-state index in [1.165, 1.54) is 11.1 Å². The Bertz CT molecular complexity index is 583. The lowest BCUT2D eigenvalue weighted by Crippen LogP contribution is -2.54. The summed E-state index contributed by atoms with van der Waals surface area (Å²) >= 11 is 0. The molecule has 1 saturated heterocycles. The van der Waals surface area contributed by atoms with Crippen molar-refractivity contribution in [1.82, 2.24) is 4.90 Å². The fraction of sp³-hybridized carbons (Fsp3) is 0.529. The monoisotopic (exact) mass is 287 g/mol. The van der Waals surface area contributed by atoms with Crippen LogP contribution < -0.4 is 0 Å². The first-order chi connectivity index (χ1) is 9.99. The molecule has 0 saturated carbocycles. The van der Waals surface area contributed by atoms with E-state index in [2.05, 4.69) is 12.1 Å². The summed E-state index contributed by atoms with van der Waals surface area (Å²) in [6.07, 6.45) is 1.33. The zero-order chi connectivity index (χ0) is 15.1. The van der Waals surface area contributed by atoms with Crippen molar-refractivity contribution in [1.29, 1.82) is 0 Å². The van der Waals surface area contributed by atoms with Crippen molar-refractivity contribution < 1.29 is 14.7 Å². The molecule has 4 atom stereocenters. The van der Waals surface area contributed by atoms with Gasteiger partial charge >= 0.3 is 5.97 Å². The largest absolute Gasteiger partial charge is 0.481 e. The molecule has 112 valence electrons. The normalized spacial score (nSPS) is 31.5. The average Bonchev–Trinajstić information content (AvgIpc) is 2.38. The summed E-state index contributed by atoms with van der Waals surface area (Å²) in [6, 6.07) is 8.06. The van der Waals surface area contributed by atoms with Gasteiger partial charge in [0.2, 0.25) is 5.91 Å². The second-order valence-corrected chi connectivity index (χ2v) is 6.43. The molecule has 21 heavy (non-hydrogen) atoms. The van der Waals surface area contributed by atoms with E-state index >= 15 is 0 Å². The molecule has 2 aliphatic rings. The summed E-state index contributed by atoms with van der Waals surface area (Å²) in [5, 5.41) is 9.41. The SMILES string of the molecule is CC1CC(=O)N(CC2Cc3ccccc32)C(C)C1C(=O)O. The number of piperidine rings is 1. The topological polar surface area (TPSA) is 57.6 Å². The van der Waals surface area contributed by atoms with E-state index in [0.717, 1.165) is 6.42 Å². The van der Waals surface area contributed by atoms with E-state index in [9.17, 15) is 14.7 Å². The molecule has 1 aromatic rings. The first kappa shape index (κ1) is 14.1. The van der Waals surface area contributed by atoms with Crippen molar-refractivity contribution in [2.24, 2.45) is 11.8 Å². The summed E-state index contributed by atoms with van der Waals surface area (Å²) in [5.41, 5.74) is 2.66. The zero-order valence-electron chi connectivity index (χ0n) is 12.5. The van der Waals surface area contributed by atoms with E-state index in [4.69, 9.17) is 0 Å². The van der Waals surface area contributed by atoms with Gasteiger partial charge in [-0.2, -0.15) is 0 Å². The standard InChI is InChI=1S/C17H21NO3/c1-10-7-15(19)18(11(2)16(10)17(20)21)9-13-8-12-5-3-4-6-14(12)13/h3-6,10-11,13,16H,7-9H2,1-2H3,(H,20,21). The number of carbonyl (C=O) groups is 2. The van der Waals surface area contributed by atoms with Crippen LogP contribution in [0.4, 0.5) is 0 Å². The maximum Gasteiger partial charge on any atom is 0.308 e. The molecule has 1 aliphatic heterocycles. The highest BCUT2D eigenvalue weighted by molar-refractivity contribution is 5.82. The van der Waals surface area contributed by atoms with E-state index in [1.807, 2.05) is 26.0 Å². The van der Waals surface area contributed by atoms with Gasteiger partial charge in [0, 0.05) is 24.9 Å². The van der Waals surface area contributed by atoms with E-state index in [-0.39, 0.29) is 17.9 Å². The van der Waals surface area contributed by atoms with Gasteiger partial charge in [-0.1, -0.05) is 31.2 Å². The van der Waals surface area contributed by atoms with Crippen molar-refractivity contribution in [3.8, 4) is 0 Å². The lowest BCUT2D eigenvalue weighted by Gasteiger charge is -2.44. The quantitative estimate of drug-likeness (QED) is 0.928. The molecule has 4 nitrogen and oxygen atoms in total. The first-order valence-electron chi connectivity index (χ1n) is 7.59. The Kier molecular flexibility index (Phi) is 3.47. The van der Waals surface area contributed by atoms with Gasteiger partial charge in [0.1, 0.15) is 0 Å². The Hall–Kier alpha value is -1.84. The molecular weight excluding hydrogens is 266 g/mol. The smallest absolute Gasteiger partial charge is 0.308 e. The molecule has 4 heteroatoms. The van der Waals surface area contributed by atoms with Crippen LogP contribution in [0.25, 0.3) is 0 Å². The number of hydrogen-bond donors (Lipinski definition) is 1. The maximum atomic E-state index is 12.3. The van der Waals surface area contributed by atoms with Crippen LogP contribution in [0.3, 0.4) is 0 Å². The first-order valence-corrected chi connectivity index (χ1v) is 7.59. The molecule has 4 unspecified atom stereocenters. The van der Waals surface area contributed by atoms with Crippen LogP contribution in [0.15, 0.2) is 24.3 Å². The van der Waals surface area contributed by atoms with Crippen LogP contribution in [0.2, 0.25) is 0 Å². The number of nitrogens with zero attached hydrogens (tertiary/aromatic N) is 1. The van der Waals surface area contributed by atoms with Gasteiger partial charge in [-0.15, -0.1) is 0 Å². The van der Waals surface area contributed by atoms with E-state index in [0.29, 0.717) is 18.9 Å². The number of carboxylic acids is 1. The van der Waals surface area contributed by atoms with E-state index < -0.39 is 11.9 Å². The van der Waals surface area contributed by atoms with Crippen LogP contribution in [0.1, 0.15) is 37.3 Å². The molecule has 0 bridgehead atoms. The van der Waals surface area contributed by atoms with Gasteiger partial charge in [-0.05, 0) is 30.4 Å². The highest BCUT2D eigenvalue weighted by atomic mass is 16.4. The molecule has 3 rings (SSSR count). The number of hydrogen-bond acceptors (Lipinski definition) is 2. The molecule has 1 heterocycles. The fourth-order valence-electron chi connectivity index (χ4n) is 3.90. The Balaban J connectivity index is 1.76. The van der Waals surface area contributed by atoms with Crippen LogP contribution in [-0.2, 0) is 16.0 Å². The Labute approximate surface area is 124 Å². The molecule has 0 radical (unpaired) electrons. The number of benzene rings is 1. The Morgan fingerprint density at radius 3 is 2.67 bits per heavy atom. The van der Waals surface area contributed by atoms with Crippen LogP contribution in [0, 0.1) is 11.8 Å². The number of carbonyl (C=O) groups excluding carboxylic acids is 1. The summed E-state index contributed by atoms with van der Waals surface area (Å²) in [5.74, 6) is -0.887. The number of rotatable bonds is 3. The minimum absolute atomic E-state index is 0.0880. The molecule has 1 N–H and O–H groups in total. The van der Waals surface area contributed by atoms with Gasteiger partial charge in [-0.25, -0.2) is 0 Å². The molecule has 1 amide bonds. The summed E-state index contributed by atoms with van der Waals surface area (Å²) < 4.78 is 0. The molecule has 1 fully saturated rings. The number of likely N-dealkylation sites (tertiary alicyclic amines) is 1. The third kappa shape index (κ3) is 2.33. The minimum Gasteiger partial charge on any atom is -0.481 e. The predicted molar refractivity (Wildman–Crippen MR) is 79.0 cm³/mol. The van der Waals surface area contributed by atoms with Gasteiger partial charge in [0.25, 0.3) is 0 Å². The second-order valence-electron chi connectivity index (χ2n) is 6.43. The lowest BCUT2D eigenvalue weighted by atomic mass is 9.75. The Morgan fingerprint density at radius 1 is 1.29 bits per heavy atom. The molecule has 1 aromatic carbocycles. The molecular formula is C17H21NO3. The zero-order valence-corrected chi connectivity index (χ0v) is 12.5. The summed E-state index contributed by atoms with van der Waals surface area (Å²) in [7, 11) is 0. The van der Waals surface area contributed by atoms with Crippen molar-refractivity contribution in [3.05, 3.63) is 35.4 Å². The van der Waals surface area contributed by atoms with Gasteiger partial charge in [-0.3, -0.25) is 9.59 Å². The highest BCUT2D eigenvalue weighted by Gasteiger charge is 2.43. The van der Waals surface area contributed by atoms with Crippen molar-refractivity contribution in [2.75, 3.05) is 6.54 Å². The highest BCUT2D eigenvalue weighted by Crippen LogP contribution is 2.38. The minimum atomic E-state index is -0.790. The second kappa shape index (κ2) is 5.17. The lowest BCUT2D eigenvalue weighted by molar-refractivity contribution is -0.155. The predicted octanol–water partition coefficient (Wildman–Crippen LogP) is 2.28. The van der Waals surface area contributed by atoms with Crippen molar-refractivity contribution in [3.63, 3.8) is 0 Å². The summed E-state index contributed by atoms with van der Waals surface area (Å²) in [4.78, 5) is 25.6. The molecule has 0 aromatic heterocycles. The van der Waals surface area contributed by atoms with E-state index in [1.54, 1.807) is 4.90 Å². The average molecular weight is 287 g/mol. The van der Waals surface area contributed by atoms with Crippen LogP contribution >= 0.6 is 0 Å². The molecule has 1 aliphatic carbocycles. The van der Waals surface area contributed by atoms with Crippen molar-refractivity contribution >= 4 is 11.9 Å². The van der Waals surface area contributed by atoms with Gasteiger partial charge in [0.15, 0.2) is 0 Å². The van der Waals surface area contributed by atoms with Gasteiger partial charge < -0.3 is 10.0 Å². The maximum absolute atomic E-state index is 12.3. The van der Waals surface area contributed by atoms with Crippen molar-refractivity contribution in [2.45, 2.75) is 38.6 Å². The fourth-order valence-corrected chi connectivity index (χ4v) is 3.90.